The predicted molar refractivity (Wildman–Crippen MR) is 72.3 cm³/mol. The smallest absolute Gasteiger partial charge is 0.339 e. The molecule has 0 saturated heterocycles. The fourth-order valence-corrected chi connectivity index (χ4v) is 1.69. The van der Waals surface area contributed by atoms with Gasteiger partial charge in [-0.05, 0) is 26.0 Å². The van der Waals surface area contributed by atoms with Gasteiger partial charge in [0.15, 0.2) is 0 Å². The molecule has 0 heterocycles. The molecule has 0 fully saturated rings. The lowest BCUT2D eigenvalue weighted by molar-refractivity contribution is -0.144. The van der Waals surface area contributed by atoms with Crippen molar-refractivity contribution in [1.82, 2.24) is 0 Å². The molecule has 1 unspecified atom stereocenters. The third-order valence-corrected chi connectivity index (χ3v) is 2.90. The maximum atomic E-state index is 11.7. The lowest BCUT2D eigenvalue weighted by atomic mass is 10.1. The first-order valence-electron chi connectivity index (χ1n) is 6.09. The number of carbonyl (C=O) groups is 2. The Balaban J connectivity index is 3.02. The Morgan fingerprint density at radius 3 is 2.53 bits per heavy atom. The summed E-state index contributed by atoms with van der Waals surface area (Å²) in [5.74, 6) is -0.761. The summed E-state index contributed by atoms with van der Waals surface area (Å²) in [4.78, 5) is 25.1. The summed E-state index contributed by atoms with van der Waals surface area (Å²) in [6.45, 7) is 3.81. The van der Waals surface area contributed by atoms with Crippen molar-refractivity contribution < 1.29 is 19.1 Å². The summed E-state index contributed by atoms with van der Waals surface area (Å²) in [6.07, 6.45) is 0. The first-order valence-corrected chi connectivity index (χ1v) is 6.09. The van der Waals surface area contributed by atoms with Crippen molar-refractivity contribution in [3.8, 4) is 0 Å². The highest BCUT2D eigenvalue weighted by atomic mass is 16.5. The molecule has 1 aromatic rings. The van der Waals surface area contributed by atoms with Crippen molar-refractivity contribution in [1.29, 1.82) is 0 Å². The Labute approximate surface area is 113 Å². The molecule has 1 atom stereocenters. The van der Waals surface area contributed by atoms with E-state index in [4.69, 9.17) is 9.47 Å². The van der Waals surface area contributed by atoms with Gasteiger partial charge in [-0.3, -0.25) is 0 Å². The topological polar surface area (TPSA) is 55.8 Å². The summed E-state index contributed by atoms with van der Waals surface area (Å²) in [7, 11) is 3.07. The number of esters is 2. The molecule has 0 N–H and O–H groups in total. The van der Waals surface area contributed by atoms with Crippen LogP contribution in [0.3, 0.4) is 0 Å². The molecule has 5 nitrogen and oxygen atoms in total. The molecule has 0 aliphatic carbocycles. The highest BCUT2D eigenvalue weighted by molar-refractivity contribution is 5.96. The van der Waals surface area contributed by atoms with E-state index in [1.54, 1.807) is 50.1 Å². The lowest BCUT2D eigenvalue weighted by Crippen LogP contribution is -2.38. The first kappa shape index (κ1) is 15.0. The van der Waals surface area contributed by atoms with Crippen molar-refractivity contribution in [3.63, 3.8) is 0 Å². The van der Waals surface area contributed by atoms with Crippen LogP contribution in [0.2, 0.25) is 0 Å². The maximum absolute atomic E-state index is 11.7. The monoisotopic (exact) mass is 265 g/mol. The van der Waals surface area contributed by atoms with Crippen LogP contribution in [0.5, 0.6) is 0 Å². The highest BCUT2D eigenvalue weighted by Crippen LogP contribution is 2.22. The molecule has 0 spiro atoms. The van der Waals surface area contributed by atoms with Crippen LogP contribution in [0.1, 0.15) is 24.2 Å². The Kier molecular flexibility index (Phi) is 5.36. The van der Waals surface area contributed by atoms with Crippen LogP contribution >= 0.6 is 0 Å². The van der Waals surface area contributed by atoms with Crippen molar-refractivity contribution in [2.75, 3.05) is 25.7 Å². The van der Waals surface area contributed by atoms with Crippen LogP contribution in [-0.2, 0) is 14.3 Å². The SMILES string of the molecule is CCOC(=O)C(C)N(C)c1ccccc1C(=O)OC. The van der Waals surface area contributed by atoms with E-state index in [-0.39, 0.29) is 5.97 Å². The zero-order valence-electron chi connectivity index (χ0n) is 11.7. The van der Waals surface area contributed by atoms with Crippen LogP contribution in [0.4, 0.5) is 5.69 Å². The van der Waals surface area contributed by atoms with Gasteiger partial charge in [-0.25, -0.2) is 9.59 Å². The summed E-state index contributed by atoms with van der Waals surface area (Å²) < 4.78 is 9.71. The average molecular weight is 265 g/mol. The second kappa shape index (κ2) is 6.78. The number of likely N-dealkylation sites (N-methyl/N-ethyl adjacent to an activating group) is 1. The van der Waals surface area contributed by atoms with Gasteiger partial charge in [0.1, 0.15) is 6.04 Å². The number of ether oxygens (including phenoxy) is 2. The minimum atomic E-state index is -0.481. The third-order valence-electron chi connectivity index (χ3n) is 2.90. The summed E-state index contributed by atoms with van der Waals surface area (Å²) in [5, 5.41) is 0. The number of nitrogens with zero attached hydrogens (tertiary/aromatic N) is 1. The number of hydrogen-bond donors (Lipinski definition) is 0. The summed E-state index contributed by atoms with van der Waals surface area (Å²) in [6, 6.07) is 6.50. The molecule has 0 bridgehead atoms. The van der Waals surface area contributed by atoms with E-state index < -0.39 is 12.0 Å². The van der Waals surface area contributed by atoms with Gasteiger partial charge in [-0.2, -0.15) is 0 Å². The largest absolute Gasteiger partial charge is 0.465 e. The minimum absolute atomic E-state index is 0.329. The van der Waals surface area contributed by atoms with Gasteiger partial charge in [0.2, 0.25) is 0 Å². The van der Waals surface area contributed by atoms with E-state index in [2.05, 4.69) is 0 Å². The minimum Gasteiger partial charge on any atom is -0.465 e. The van der Waals surface area contributed by atoms with E-state index in [9.17, 15) is 9.59 Å². The van der Waals surface area contributed by atoms with Crippen molar-refractivity contribution in [2.45, 2.75) is 19.9 Å². The molecule has 0 aliphatic rings. The molecule has 19 heavy (non-hydrogen) atoms. The van der Waals surface area contributed by atoms with E-state index >= 15 is 0 Å². The number of hydrogen-bond acceptors (Lipinski definition) is 5. The molecule has 0 radical (unpaired) electrons. The Bertz CT molecular complexity index is 459. The number of para-hydroxylation sites is 1. The molecule has 104 valence electrons. The standard InChI is InChI=1S/C14H19NO4/c1-5-19-13(16)10(2)15(3)12-9-7-6-8-11(12)14(17)18-4/h6-10H,5H2,1-4H3. The zero-order valence-corrected chi connectivity index (χ0v) is 11.7. The Hall–Kier alpha value is -2.04. The summed E-state index contributed by atoms with van der Waals surface area (Å²) >= 11 is 0. The second-order valence-corrected chi connectivity index (χ2v) is 4.05. The van der Waals surface area contributed by atoms with Gasteiger partial charge in [0.25, 0.3) is 0 Å². The van der Waals surface area contributed by atoms with Crippen LogP contribution in [0.25, 0.3) is 0 Å². The van der Waals surface area contributed by atoms with Gasteiger partial charge in [-0.15, -0.1) is 0 Å². The van der Waals surface area contributed by atoms with E-state index in [0.717, 1.165) is 0 Å². The maximum Gasteiger partial charge on any atom is 0.339 e. The molecule has 0 aromatic heterocycles. The summed E-state index contributed by atoms with van der Waals surface area (Å²) in [5.41, 5.74) is 1.05. The van der Waals surface area contributed by atoms with Crippen LogP contribution in [0.15, 0.2) is 24.3 Å². The second-order valence-electron chi connectivity index (χ2n) is 4.05. The van der Waals surface area contributed by atoms with Crippen molar-refractivity contribution in [2.24, 2.45) is 0 Å². The van der Waals surface area contributed by atoms with Gasteiger partial charge in [0.05, 0.1) is 25.0 Å². The molecule has 1 rings (SSSR count). The Morgan fingerprint density at radius 2 is 1.95 bits per heavy atom. The number of anilines is 1. The molecule has 0 aliphatic heterocycles. The molecule has 0 saturated carbocycles. The Morgan fingerprint density at radius 1 is 1.32 bits per heavy atom. The normalized spacial score (nSPS) is 11.6. The molecule has 1 aromatic carbocycles. The third kappa shape index (κ3) is 3.47. The quantitative estimate of drug-likeness (QED) is 0.761. The van der Waals surface area contributed by atoms with Crippen molar-refractivity contribution >= 4 is 17.6 Å². The van der Waals surface area contributed by atoms with Crippen LogP contribution in [0, 0.1) is 0 Å². The highest BCUT2D eigenvalue weighted by Gasteiger charge is 2.23. The predicted octanol–water partition coefficient (Wildman–Crippen LogP) is 1.86. The number of carbonyl (C=O) groups excluding carboxylic acids is 2. The fourth-order valence-electron chi connectivity index (χ4n) is 1.69. The molecular formula is C14H19NO4. The number of rotatable bonds is 5. The zero-order chi connectivity index (χ0) is 14.4. The van der Waals surface area contributed by atoms with E-state index in [0.29, 0.717) is 17.9 Å². The van der Waals surface area contributed by atoms with Crippen LogP contribution in [-0.4, -0.2) is 38.7 Å². The van der Waals surface area contributed by atoms with E-state index in [1.165, 1.54) is 7.11 Å². The van der Waals surface area contributed by atoms with Gasteiger partial charge >= 0.3 is 11.9 Å². The lowest BCUT2D eigenvalue weighted by Gasteiger charge is -2.26. The first-order chi connectivity index (χ1) is 9.02. The average Bonchev–Trinajstić information content (AvgIpc) is 2.45. The van der Waals surface area contributed by atoms with Gasteiger partial charge < -0.3 is 14.4 Å². The molecule has 5 heteroatoms. The van der Waals surface area contributed by atoms with E-state index in [1.807, 2.05) is 0 Å². The van der Waals surface area contributed by atoms with Gasteiger partial charge in [-0.1, -0.05) is 12.1 Å². The fraction of sp³-hybridized carbons (Fsp3) is 0.429. The van der Waals surface area contributed by atoms with Crippen LogP contribution < -0.4 is 4.90 Å². The molecule has 0 amide bonds. The number of methoxy groups -OCH3 is 1. The van der Waals surface area contributed by atoms with Gasteiger partial charge in [0, 0.05) is 7.05 Å². The van der Waals surface area contributed by atoms with Crippen molar-refractivity contribution in [3.05, 3.63) is 29.8 Å². The molecular weight excluding hydrogens is 246 g/mol. The number of benzene rings is 1.